The molecule has 1 heterocycles. The Labute approximate surface area is 169 Å². The van der Waals surface area contributed by atoms with Gasteiger partial charge in [-0.2, -0.15) is 12.6 Å². The van der Waals surface area contributed by atoms with E-state index < -0.39 is 6.04 Å². The van der Waals surface area contributed by atoms with Crippen LogP contribution in [0.15, 0.2) is 0 Å². The van der Waals surface area contributed by atoms with Gasteiger partial charge in [0.05, 0.1) is 12.6 Å². The summed E-state index contributed by atoms with van der Waals surface area (Å²) in [7, 11) is 1.97. The SMILES string of the molecule is CCC[C@@H](C(=O)N[C@H]1CCOC1=O)N(C)C[C@@H](NC[C@@H](N)CS)[C@@H](C)CC. The average molecular weight is 403 g/mol. The van der Waals surface area contributed by atoms with E-state index in [1.165, 1.54) is 0 Å². The normalized spacial score (nSPS) is 21.6. The molecule has 7 nitrogen and oxygen atoms in total. The zero-order valence-electron chi connectivity index (χ0n) is 17.2. The van der Waals surface area contributed by atoms with E-state index in [1.807, 2.05) is 7.05 Å². The van der Waals surface area contributed by atoms with Gasteiger partial charge in [-0.3, -0.25) is 9.69 Å². The van der Waals surface area contributed by atoms with Gasteiger partial charge < -0.3 is 21.1 Å². The largest absolute Gasteiger partial charge is 0.464 e. The standard InChI is InChI=1S/C19H38N4O3S/c1-5-7-17(18(24)22-15-8-9-26-19(15)25)23(4)11-16(13(3)6-2)21-10-14(20)12-27/h13-17,21,27H,5-12,20H2,1-4H3,(H,22,24)/t13-,14+,15-,16+,17-/m0/s1. The van der Waals surface area contributed by atoms with Gasteiger partial charge in [0.15, 0.2) is 0 Å². The third-order valence-electron chi connectivity index (χ3n) is 5.34. The van der Waals surface area contributed by atoms with Crippen LogP contribution in [0.1, 0.15) is 46.5 Å². The fraction of sp³-hybridized carbons (Fsp3) is 0.895. The molecule has 8 heteroatoms. The van der Waals surface area contributed by atoms with Crippen molar-refractivity contribution in [1.82, 2.24) is 15.5 Å². The van der Waals surface area contributed by atoms with Crippen molar-refractivity contribution in [3.8, 4) is 0 Å². The first kappa shape index (κ1) is 24.2. The lowest BCUT2D eigenvalue weighted by Crippen LogP contribution is -2.54. The number of nitrogens with zero attached hydrogens (tertiary/aromatic N) is 1. The quantitative estimate of drug-likeness (QED) is 0.269. The number of amides is 1. The first-order chi connectivity index (χ1) is 12.8. The maximum Gasteiger partial charge on any atom is 0.328 e. The van der Waals surface area contributed by atoms with E-state index in [9.17, 15) is 9.59 Å². The minimum atomic E-state index is -0.512. The summed E-state index contributed by atoms with van der Waals surface area (Å²) in [5.74, 6) is 0.656. The van der Waals surface area contributed by atoms with Gasteiger partial charge in [-0.25, -0.2) is 4.79 Å². The molecular formula is C19H38N4O3S. The molecule has 1 rings (SSSR count). The van der Waals surface area contributed by atoms with Crippen molar-refractivity contribution >= 4 is 24.5 Å². The van der Waals surface area contributed by atoms with E-state index >= 15 is 0 Å². The van der Waals surface area contributed by atoms with E-state index in [0.29, 0.717) is 31.2 Å². The van der Waals surface area contributed by atoms with Crippen LogP contribution < -0.4 is 16.4 Å². The highest BCUT2D eigenvalue weighted by molar-refractivity contribution is 7.80. The van der Waals surface area contributed by atoms with Crippen molar-refractivity contribution in [3.63, 3.8) is 0 Å². The Kier molecular flexibility index (Phi) is 11.3. The molecule has 158 valence electrons. The number of thiol groups is 1. The molecule has 0 bridgehead atoms. The molecule has 1 amide bonds. The molecule has 1 aliphatic rings. The second-order valence-corrected chi connectivity index (χ2v) is 7.97. The van der Waals surface area contributed by atoms with Gasteiger partial charge in [0, 0.05) is 37.3 Å². The molecule has 0 aromatic rings. The van der Waals surface area contributed by atoms with Crippen LogP contribution >= 0.6 is 12.6 Å². The molecule has 0 radical (unpaired) electrons. The number of nitrogens with two attached hydrogens (primary N) is 1. The van der Waals surface area contributed by atoms with E-state index in [2.05, 4.69) is 48.9 Å². The monoisotopic (exact) mass is 402 g/mol. The number of likely N-dealkylation sites (N-methyl/N-ethyl adjacent to an activating group) is 1. The number of hydrogen-bond donors (Lipinski definition) is 4. The molecule has 0 aromatic carbocycles. The van der Waals surface area contributed by atoms with Gasteiger partial charge in [-0.05, 0) is 19.4 Å². The van der Waals surface area contributed by atoms with Crippen LogP contribution in [-0.2, 0) is 14.3 Å². The molecule has 27 heavy (non-hydrogen) atoms. The van der Waals surface area contributed by atoms with Gasteiger partial charge >= 0.3 is 5.97 Å². The molecule has 5 atom stereocenters. The minimum absolute atomic E-state index is 0.00770. The summed E-state index contributed by atoms with van der Waals surface area (Å²) in [5.41, 5.74) is 5.99. The van der Waals surface area contributed by atoms with Crippen molar-refractivity contribution in [2.75, 3.05) is 32.5 Å². The predicted octanol–water partition coefficient (Wildman–Crippen LogP) is 0.780. The van der Waals surface area contributed by atoms with Crippen molar-refractivity contribution in [2.24, 2.45) is 11.7 Å². The van der Waals surface area contributed by atoms with Crippen molar-refractivity contribution in [3.05, 3.63) is 0 Å². The maximum atomic E-state index is 12.8. The second-order valence-electron chi connectivity index (χ2n) is 7.60. The number of carbonyl (C=O) groups excluding carboxylic acids is 2. The lowest BCUT2D eigenvalue weighted by molar-refractivity contribution is -0.142. The van der Waals surface area contributed by atoms with Crippen LogP contribution in [0.5, 0.6) is 0 Å². The number of nitrogens with one attached hydrogen (secondary N) is 2. The van der Waals surface area contributed by atoms with Crippen molar-refractivity contribution < 1.29 is 14.3 Å². The topological polar surface area (TPSA) is 96.7 Å². The Bertz CT molecular complexity index is 466. The van der Waals surface area contributed by atoms with Crippen LogP contribution in [-0.4, -0.2) is 73.4 Å². The van der Waals surface area contributed by atoms with Gasteiger partial charge in [0.1, 0.15) is 6.04 Å². The zero-order chi connectivity index (χ0) is 20.4. The Morgan fingerprint density at radius 1 is 1.44 bits per heavy atom. The number of rotatable bonds is 13. The number of carbonyl (C=O) groups is 2. The van der Waals surface area contributed by atoms with Gasteiger partial charge in [0.2, 0.25) is 5.91 Å². The Morgan fingerprint density at radius 3 is 2.67 bits per heavy atom. The Morgan fingerprint density at radius 2 is 2.15 bits per heavy atom. The first-order valence-electron chi connectivity index (χ1n) is 10.1. The third-order valence-corrected chi connectivity index (χ3v) is 5.81. The van der Waals surface area contributed by atoms with E-state index in [-0.39, 0.29) is 30.0 Å². The van der Waals surface area contributed by atoms with Gasteiger partial charge in [0.25, 0.3) is 0 Å². The lowest BCUT2D eigenvalue weighted by atomic mass is 9.97. The van der Waals surface area contributed by atoms with Gasteiger partial charge in [-0.15, -0.1) is 0 Å². The van der Waals surface area contributed by atoms with E-state index in [0.717, 1.165) is 25.8 Å². The molecular weight excluding hydrogens is 364 g/mol. The van der Waals surface area contributed by atoms with E-state index in [1.54, 1.807) is 0 Å². The molecule has 1 saturated heterocycles. The second kappa shape index (κ2) is 12.6. The molecule has 0 aromatic heterocycles. The summed E-state index contributed by atoms with van der Waals surface area (Å²) in [6, 6.07) is -0.541. The number of hydrogen-bond acceptors (Lipinski definition) is 7. The molecule has 4 N–H and O–H groups in total. The molecule has 0 spiro atoms. The fourth-order valence-corrected chi connectivity index (χ4v) is 3.38. The number of cyclic esters (lactones) is 1. The summed E-state index contributed by atoms with van der Waals surface area (Å²) >= 11 is 4.25. The van der Waals surface area contributed by atoms with Crippen LogP contribution in [0, 0.1) is 5.92 Å². The summed E-state index contributed by atoms with van der Waals surface area (Å²) in [6.45, 7) is 8.25. The van der Waals surface area contributed by atoms with Gasteiger partial charge in [-0.1, -0.05) is 33.6 Å². The summed E-state index contributed by atoms with van der Waals surface area (Å²) in [4.78, 5) is 26.6. The molecule has 0 saturated carbocycles. The zero-order valence-corrected chi connectivity index (χ0v) is 18.1. The smallest absolute Gasteiger partial charge is 0.328 e. The Hall–Kier alpha value is -0.830. The molecule has 1 fully saturated rings. The number of esters is 1. The van der Waals surface area contributed by atoms with Crippen molar-refractivity contribution in [2.45, 2.75) is 70.6 Å². The summed E-state index contributed by atoms with van der Waals surface area (Å²) in [5, 5.41) is 6.41. The number of ether oxygens (including phenoxy) is 1. The minimum Gasteiger partial charge on any atom is -0.464 e. The molecule has 1 aliphatic heterocycles. The van der Waals surface area contributed by atoms with Crippen LogP contribution in [0.25, 0.3) is 0 Å². The maximum absolute atomic E-state index is 12.8. The first-order valence-corrected chi connectivity index (χ1v) is 10.7. The highest BCUT2D eigenvalue weighted by Gasteiger charge is 2.32. The summed E-state index contributed by atoms with van der Waals surface area (Å²) < 4.78 is 4.95. The molecule has 0 aliphatic carbocycles. The third kappa shape index (κ3) is 7.97. The van der Waals surface area contributed by atoms with Crippen LogP contribution in [0.3, 0.4) is 0 Å². The highest BCUT2D eigenvalue weighted by Crippen LogP contribution is 2.14. The fourth-order valence-electron chi connectivity index (χ4n) is 3.25. The van der Waals surface area contributed by atoms with Crippen molar-refractivity contribution in [1.29, 1.82) is 0 Å². The lowest BCUT2D eigenvalue weighted by Gasteiger charge is -2.34. The molecule has 0 unspecified atom stereocenters. The Balaban J connectivity index is 2.72. The van der Waals surface area contributed by atoms with E-state index in [4.69, 9.17) is 10.5 Å². The predicted molar refractivity (Wildman–Crippen MR) is 112 cm³/mol. The van der Waals surface area contributed by atoms with Crippen LogP contribution in [0.2, 0.25) is 0 Å². The van der Waals surface area contributed by atoms with Crippen LogP contribution in [0.4, 0.5) is 0 Å². The average Bonchev–Trinajstić information content (AvgIpc) is 3.06. The highest BCUT2D eigenvalue weighted by atomic mass is 32.1. The summed E-state index contributed by atoms with van der Waals surface area (Å²) in [6.07, 6.45) is 3.23.